The van der Waals surface area contributed by atoms with E-state index in [-0.39, 0.29) is 12.1 Å². The molecule has 5 heteroatoms. The fourth-order valence-corrected chi connectivity index (χ4v) is 2.26. The highest BCUT2D eigenvalue weighted by molar-refractivity contribution is 5.82. The molecule has 1 saturated heterocycles. The lowest BCUT2D eigenvalue weighted by Gasteiger charge is -2.35. The summed E-state index contributed by atoms with van der Waals surface area (Å²) in [4.78, 5) is 24.6. The first-order chi connectivity index (χ1) is 8.10. The van der Waals surface area contributed by atoms with E-state index in [9.17, 15) is 9.59 Å². The summed E-state index contributed by atoms with van der Waals surface area (Å²) in [5.74, 6) is -0.967. The number of carbonyl (C=O) groups excluding carboxylic acids is 1. The lowest BCUT2D eigenvalue weighted by Crippen LogP contribution is -2.52. The van der Waals surface area contributed by atoms with Gasteiger partial charge in [-0.15, -0.1) is 0 Å². The first kappa shape index (κ1) is 13.8. The molecule has 1 heterocycles. The summed E-state index contributed by atoms with van der Waals surface area (Å²) in [6, 6.07) is -0.747. The standard InChI is InChI=1S/C12H22N2O3/c1-3-9-7-5-6-8-14(9)12(17)13-10(4-2)11(15)16/h9-10H,3-8H2,1-2H3,(H,13,17)(H,15,16). The van der Waals surface area contributed by atoms with Crippen LogP contribution in [0.2, 0.25) is 0 Å². The monoisotopic (exact) mass is 242 g/mol. The number of rotatable bonds is 4. The molecule has 1 rings (SSSR count). The van der Waals surface area contributed by atoms with E-state index in [2.05, 4.69) is 12.2 Å². The minimum atomic E-state index is -0.967. The zero-order valence-electron chi connectivity index (χ0n) is 10.6. The Morgan fingerprint density at radius 3 is 2.65 bits per heavy atom. The second kappa shape index (κ2) is 6.47. The van der Waals surface area contributed by atoms with E-state index < -0.39 is 12.0 Å². The second-order valence-corrected chi connectivity index (χ2v) is 4.50. The topological polar surface area (TPSA) is 69.6 Å². The highest BCUT2D eigenvalue weighted by Gasteiger charge is 2.27. The van der Waals surface area contributed by atoms with Crippen LogP contribution in [0.4, 0.5) is 4.79 Å². The van der Waals surface area contributed by atoms with Gasteiger partial charge in [0.05, 0.1) is 0 Å². The van der Waals surface area contributed by atoms with Gasteiger partial charge in [-0.05, 0) is 32.1 Å². The van der Waals surface area contributed by atoms with Crippen molar-refractivity contribution in [1.29, 1.82) is 0 Å². The fourth-order valence-electron chi connectivity index (χ4n) is 2.26. The molecule has 0 bridgehead atoms. The number of aliphatic carboxylic acids is 1. The van der Waals surface area contributed by atoms with E-state index in [4.69, 9.17) is 5.11 Å². The number of hydrogen-bond donors (Lipinski definition) is 2. The number of nitrogens with zero attached hydrogens (tertiary/aromatic N) is 1. The Balaban J connectivity index is 2.58. The van der Waals surface area contributed by atoms with Gasteiger partial charge in [0.15, 0.2) is 0 Å². The zero-order valence-corrected chi connectivity index (χ0v) is 10.6. The number of urea groups is 1. The Hall–Kier alpha value is -1.26. The largest absolute Gasteiger partial charge is 0.480 e. The van der Waals surface area contributed by atoms with Gasteiger partial charge in [-0.3, -0.25) is 0 Å². The van der Waals surface area contributed by atoms with Crippen LogP contribution in [0.5, 0.6) is 0 Å². The van der Waals surface area contributed by atoms with Gasteiger partial charge in [-0.2, -0.15) is 0 Å². The molecular weight excluding hydrogens is 220 g/mol. The second-order valence-electron chi connectivity index (χ2n) is 4.50. The first-order valence-corrected chi connectivity index (χ1v) is 6.40. The van der Waals surface area contributed by atoms with Crippen molar-refractivity contribution >= 4 is 12.0 Å². The van der Waals surface area contributed by atoms with E-state index in [0.29, 0.717) is 6.42 Å². The average molecular weight is 242 g/mol. The Morgan fingerprint density at radius 2 is 2.12 bits per heavy atom. The maximum absolute atomic E-state index is 12.0. The van der Waals surface area contributed by atoms with Crippen molar-refractivity contribution in [3.05, 3.63) is 0 Å². The van der Waals surface area contributed by atoms with Crippen molar-refractivity contribution < 1.29 is 14.7 Å². The lowest BCUT2D eigenvalue weighted by atomic mass is 10.0. The summed E-state index contributed by atoms with van der Waals surface area (Å²) in [7, 11) is 0. The zero-order chi connectivity index (χ0) is 12.8. The SMILES string of the molecule is CCC(NC(=O)N1CCCCC1CC)C(=O)O. The molecule has 17 heavy (non-hydrogen) atoms. The fraction of sp³-hybridized carbons (Fsp3) is 0.833. The molecule has 0 aromatic carbocycles. The van der Waals surface area contributed by atoms with Gasteiger partial charge in [-0.1, -0.05) is 13.8 Å². The number of carbonyl (C=O) groups is 2. The van der Waals surface area contributed by atoms with E-state index in [1.807, 2.05) is 0 Å². The van der Waals surface area contributed by atoms with Crippen molar-refractivity contribution in [3.8, 4) is 0 Å². The Kier molecular flexibility index (Phi) is 5.25. The normalized spacial score (nSPS) is 22.0. The van der Waals surface area contributed by atoms with E-state index >= 15 is 0 Å². The van der Waals surface area contributed by atoms with Crippen molar-refractivity contribution in [2.75, 3.05) is 6.54 Å². The summed E-state index contributed by atoms with van der Waals surface area (Å²) in [5.41, 5.74) is 0. The van der Waals surface area contributed by atoms with Gasteiger partial charge in [0.2, 0.25) is 0 Å². The third kappa shape index (κ3) is 3.61. The molecule has 2 atom stereocenters. The van der Waals surface area contributed by atoms with Gasteiger partial charge < -0.3 is 15.3 Å². The molecule has 0 saturated carbocycles. The van der Waals surface area contributed by atoms with Crippen molar-refractivity contribution in [1.82, 2.24) is 10.2 Å². The lowest BCUT2D eigenvalue weighted by molar-refractivity contribution is -0.139. The van der Waals surface area contributed by atoms with Crippen molar-refractivity contribution in [2.45, 2.75) is 58.0 Å². The molecular formula is C12H22N2O3. The maximum Gasteiger partial charge on any atom is 0.326 e. The molecule has 5 nitrogen and oxygen atoms in total. The van der Waals surface area contributed by atoms with Crippen LogP contribution in [-0.4, -0.2) is 40.6 Å². The van der Waals surface area contributed by atoms with Gasteiger partial charge >= 0.3 is 12.0 Å². The maximum atomic E-state index is 12.0. The number of piperidine rings is 1. The summed E-state index contributed by atoms with van der Waals surface area (Å²) in [6.45, 7) is 4.55. The summed E-state index contributed by atoms with van der Waals surface area (Å²) >= 11 is 0. The van der Waals surface area contributed by atoms with Gasteiger partial charge in [-0.25, -0.2) is 9.59 Å². The smallest absolute Gasteiger partial charge is 0.326 e. The summed E-state index contributed by atoms with van der Waals surface area (Å²) in [6.07, 6.45) is 4.52. The van der Waals surface area contributed by atoms with E-state index in [0.717, 1.165) is 32.2 Å². The Morgan fingerprint density at radius 1 is 1.41 bits per heavy atom. The van der Waals surface area contributed by atoms with E-state index in [1.54, 1.807) is 11.8 Å². The van der Waals surface area contributed by atoms with Crippen molar-refractivity contribution in [3.63, 3.8) is 0 Å². The highest BCUT2D eigenvalue weighted by Crippen LogP contribution is 2.19. The van der Waals surface area contributed by atoms with Crippen LogP contribution in [0.1, 0.15) is 46.0 Å². The number of carboxylic acids is 1. The number of carboxylic acid groups (broad SMARTS) is 1. The van der Waals surface area contributed by atoms with E-state index in [1.165, 1.54) is 0 Å². The summed E-state index contributed by atoms with van der Waals surface area (Å²) < 4.78 is 0. The quantitative estimate of drug-likeness (QED) is 0.790. The molecule has 0 spiro atoms. The molecule has 1 aliphatic heterocycles. The first-order valence-electron chi connectivity index (χ1n) is 6.40. The molecule has 0 aromatic heterocycles. The minimum absolute atomic E-state index is 0.231. The predicted octanol–water partition coefficient (Wildman–Crippen LogP) is 1.82. The van der Waals surface area contributed by atoms with Crippen LogP contribution in [0, 0.1) is 0 Å². The van der Waals surface area contributed by atoms with Crippen molar-refractivity contribution in [2.24, 2.45) is 0 Å². The van der Waals surface area contributed by atoms with Crippen LogP contribution in [-0.2, 0) is 4.79 Å². The minimum Gasteiger partial charge on any atom is -0.480 e. The average Bonchev–Trinajstić information content (AvgIpc) is 2.35. The molecule has 0 aromatic rings. The molecule has 98 valence electrons. The number of nitrogens with one attached hydrogen (secondary N) is 1. The van der Waals surface area contributed by atoms with Gasteiger partial charge in [0.25, 0.3) is 0 Å². The number of hydrogen-bond acceptors (Lipinski definition) is 2. The third-order valence-corrected chi connectivity index (χ3v) is 3.36. The molecule has 2 amide bonds. The Labute approximate surface area is 102 Å². The van der Waals surface area contributed by atoms with Crippen LogP contribution in [0.3, 0.4) is 0 Å². The van der Waals surface area contributed by atoms with Gasteiger partial charge in [0.1, 0.15) is 6.04 Å². The highest BCUT2D eigenvalue weighted by atomic mass is 16.4. The molecule has 1 fully saturated rings. The molecule has 1 aliphatic rings. The van der Waals surface area contributed by atoms with Crippen LogP contribution >= 0.6 is 0 Å². The molecule has 0 radical (unpaired) electrons. The Bertz CT molecular complexity index is 281. The molecule has 2 unspecified atom stereocenters. The number of amides is 2. The summed E-state index contributed by atoms with van der Waals surface area (Å²) in [5, 5.41) is 11.5. The predicted molar refractivity (Wildman–Crippen MR) is 64.9 cm³/mol. The molecule has 0 aliphatic carbocycles. The van der Waals surface area contributed by atoms with Crippen LogP contribution in [0.15, 0.2) is 0 Å². The van der Waals surface area contributed by atoms with Gasteiger partial charge in [0, 0.05) is 12.6 Å². The third-order valence-electron chi connectivity index (χ3n) is 3.36. The van der Waals surface area contributed by atoms with Crippen LogP contribution < -0.4 is 5.32 Å². The van der Waals surface area contributed by atoms with Crippen LogP contribution in [0.25, 0.3) is 0 Å². The number of likely N-dealkylation sites (tertiary alicyclic amines) is 1. The molecule has 2 N–H and O–H groups in total.